The van der Waals surface area contributed by atoms with E-state index in [1.807, 2.05) is 36.4 Å². The average Bonchev–Trinajstić information content (AvgIpc) is 2.80. The van der Waals surface area contributed by atoms with Crippen molar-refractivity contribution >= 4 is 64.1 Å². The van der Waals surface area contributed by atoms with Crippen molar-refractivity contribution in [3.63, 3.8) is 0 Å². The van der Waals surface area contributed by atoms with Crippen LogP contribution in [0.1, 0.15) is 12.8 Å². The second-order valence-electron chi connectivity index (χ2n) is 6.84. The highest BCUT2D eigenvalue weighted by Crippen LogP contribution is 2.29. The zero-order valence-corrected chi connectivity index (χ0v) is 19.7. The maximum atomic E-state index is 12.1. The molecule has 0 bridgehead atoms. The molecule has 0 radical (unpaired) electrons. The van der Waals surface area contributed by atoms with E-state index in [1.165, 1.54) is 0 Å². The van der Waals surface area contributed by atoms with Crippen LogP contribution in [-0.2, 0) is 19.1 Å². The van der Waals surface area contributed by atoms with Gasteiger partial charge in [-0.3, -0.25) is 14.4 Å². The summed E-state index contributed by atoms with van der Waals surface area (Å²) in [6.45, 7) is -0.435. The molecule has 33 heavy (non-hydrogen) atoms. The molecule has 0 aliphatic heterocycles. The Hall–Kier alpha value is -3.00. The molecule has 2 amide bonds. The molecule has 0 fully saturated rings. The highest BCUT2D eigenvalue weighted by Gasteiger charge is 2.11. The predicted molar refractivity (Wildman–Crippen MR) is 131 cm³/mol. The number of hydrogen-bond donors (Lipinski definition) is 2. The molecule has 0 aliphatic carbocycles. The Kier molecular flexibility index (Phi) is 9.18. The zero-order chi connectivity index (χ0) is 23.6. The molecule has 3 rings (SSSR count). The quantitative estimate of drug-likeness (QED) is 0.348. The molecule has 0 aromatic heterocycles. The number of rotatable bonds is 9. The van der Waals surface area contributed by atoms with Crippen LogP contribution in [0, 0.1) is 0 Å². The predicted octanol–water partition coefficient (Wildman–Crippen LogP) is 6.05. The summed E-state index contributed by atoms with van der Waals surface area (Å²) in [5.74, 6) is -1.44. The second kappa shape index (κ2) is 12.3. The van der Waals surface area contributed by atoms with Gasteiger partial charge in [0.05, 0.1) is 6.42 Å². The first kappa shape index (κ1) is 24.6. The van der Waals surface area contributed by atoms with E-state index >= 15 is 0 Å². The van der Waals surface area contributed by atoms with Crippen molar-refractivity contribution < 1.29 is 19.1 Å². The normalized spacial score (nSPS) is 10.4. The number of halogens is 2. The van der Waals surface area contributed by atoms with Crippen LogP contribution in [0.5, 0.6) is 0 Å². The number of ether oxygens (including phenoxy) is 1. The SMILES string of the molecule is O=C(CCC(=O)OCC(=O)Nc1ccc(Cl)cc1)Nc1ccc(Sc2ccc(Cl)cc2)cc1. The standard InChI is InChI=1S/C24H20Cl2N2O4S/c25-16-1-5-18(6-2-16)28-23(30)15-32-24(31)14-13-22(29)27-19-7-11-21(12-8-19)33-20-9-3-17(26)4-10-20/h1-12H,13-15H2,(H,27,29)(H,28,30). The fourth-order valence-electron chi connectivity index (χ4n) is 2.63. The Balaban J connectivity index is 1.36. The van der Waals surface area contributed by atoms with Crippen LogP contribution in [0.3, 0.4) is 0 Å². The van der Waals surface area contributed by atoms with Gasteiger partial charge < -0.3 is 15.4 Å². The van der Waals surface area contributed by atoms with Crippen LogP contribution in [0.25, 0.3) is 0 Å². The van der Waals surface area contributed by atoms with Gasteiger partial charge in [-0.05, 0) is 72.8 Å². The summed E-state index contributed by atoms with van der Waals surface area (Å²) in [4.78, 5) is 37.8. The van der Waals surface area contributed by atoms with Gasteiger partial charge in [-0.15, -0.1) is 0 Å². The second-order valence-corrected chi connectivity index (χ2v) is 8.86. The topological polar surface area (TPSA) is 84.5 Å². The van der Waals surface area contributed by atoms with E-state index < -0.39 is 18.5 Å². The van der Waals surface area contributed by atoms with Gasteiger partial charge in [-0.1, -0.05) is 35.0 Å². The third-order valence-corrected chi connectivity index (χ3v) is 5.76. The molecule has 6 nitrogen and oxygen atoms in total. The number of hydrogen-bond acceptors (Lipinski definition) is 5. The lowest BCUT2D eigenvalue weighted by molar-refractivity contribution is -0.147. The lowest BCUT2D eigenvalue weighted by Gasteiger charge is -2.08. The number of amides is 2. The summed E-state index contributed by atoms with van der Waals surface area (Å²) >= 11 is 13.3. The third kappa shape index (κ3) is 8.81. The minimum atomic E-state index is -0.633. The van der Waals surface area contributed by atoms with Gasteiger partial charge in [-0.2, -0.15) is 0 Å². The zero-order valence-electron chi connectivity index (χ0n) is 17.3. The number of carbonyl (C=O) groups excluding carboxylic acids is 3. The lowest BCUT2D eigenvalue weighted by atomic mass is 10.2. The number of carbonyl (C=O) groups is 3. The minimum Gasteiger partial charge on any atom is -0.456 e. The van der Waals surface area contributed by atoms with Crippen LogP contribution in [0.2, 0.25) is 10.0 Å². The first-order valence-corrected chi connectivity index (χ1v) is 11.5. The van der Waals surface area contributed by atoms with Gasteiger partial charge in [-0.25, -0.2) is 0 Å². The number of esters is 1. The van der Waals surface area contributed by atoms with Crippen LogP contribution in [-0.4, -0.2) is 24.4 Å². The monoisotopic (exact) mass is 502 g/mol. The molecule has 170 valence electrons. The Morgan fingerprint density at radius 1 is 0.667 bits per heavy atom. The highest BCUT2D eigenvalue weighted by molar-refractivity contribution is 7.99. The summed E-state index contributed by atoms with van der Waals surface area (Å²) in [5, 5.41) is 6.55. The minimum absolute atomic E-state index is 0.0566. The van der Waals surface area contributed by atoms with Crippen molar-refractivity contribution in [1.82, 2.24) is 0 Å². The van der Waals surface area contributed by atoms with Gasteiger partial charge in [0.15, 0.2) is 6.61 Å². The summed E-state index contributed by atoms with van der Waals surface area (Å²) in [7, 11) is 0. The number of anilines is 2. The highest BCUT2D eigenvalue weighted by atomic mass is 35.5. The van der Waals surface area contributed by atoms with Crippen molar-refractivity contribution in [1.29, 1.82) is 0 Å². The summed E-state index contributed by atoms with van der Waals surface area (Å²) < 4.78 is 4.91. The maximum absolute atomic E-state index is 12.1. The molecule has 0 spiro atoms. The Bertz CT molecular complexity index is 1100. The van der Waals surface area contributed by atoms with E-state index in [0.29, 0.717) is 21.4 Å². The molecule has 0 saturated carbocycles. The van der Waals surface area contributed by atoms with Gasteiger partial charge >= 0.3 is 5.97 Å². The molecule has 3 aromatic carbocycles. The van der Waals surface area contributed by atoms with Crippen molar-refractivity contribution in [3.8, 4) is 0 Å². The first-order valence-electron chi connectivity index (χ1n) is 9.92. The van der Waals surface area contributed by atoms with E-state index in [0.717, 1.165) is 9.79 Å². The van der Waals surface area contributed by atoms with Crippen LogP contribution < -0.4 is 10.6 Å². The summed E-state index contributed by atoms with van der Waals surface area (Å²) in [6.07, 6.45) is -0.191. The maximum Gasteiger partial charge on any atom is 0.306 e. The molecule has 0 saturated heterocycles. The molecule has 0 unspecified atom stereocenters. The van der Waals surface area contributed by atoms with E-state index in [4.69, 9.17) is 27.9 Å². The number of nitrogens with one attached hydrogen (secondary N) is 2. The molecule has 0 atom stereocenters. The molecular formula is C24H20Cl2N2O4S. The van der Waals surface area contributed by atoms with E-state index in [9.17, 15) is 14.4 Å². The third-order valence-electron chi connectivity index (χ3n) is 4.24. The molecule has 3 aromatic rings. The van der Waals surface area contributed by atoms with Crippen molar-refractivity contribution in [2.24, 2.45) is 0 Å². The first-order chi connectivity index (χ1) is 15.9. The van der Waals surface area contributed by atoms with Gasteiger partial charge in [0, 0.05) is 37.6 Å². The molecule has 9 heteroatoms. The van der Waals surface area contributed by atoms with Gasteiger partial charge in [0.1, 0.15) is 0 Å². The van der Waals surface area contributed by atoms with Crippen molar-refractivity contribution in [2.75, 3.05) is 17.2 Å². The summed E-state index contributed by atoms with van der Waals surface area (Å²) in [6, 6.07) is 21.4. The van der Waals surface area contributed by atoms with E-state index in [2.05, 4.69) is 10.6 Å². The molecule has 0 aliphatic rings. The fourth-order valence-corrected chi connectivity index (χ4v) is 3.70. The van der Waals surface area contributed by atoms with Gasteiger partial charge in [0.2, 0.25) is 5.91 Å². The van der Waals surface area contributed by atoms with E-state index in [1.54, 1.807) is 48.2 Å². The van der Waals surface area contributed by atoms with Gasteiger partial charge in [0.25, 0.3) is 5.91 Å². The summed E-state index contributed by atoms with van der Waals surface area (Å²) in [5.41, 5.74) is 1.16. The van der Waals surface area contributed by atoms with Crippen LogP contribution in [0.4, 0.5) is 11.4 Å². The Morgan fingerprint density at radius 2 is 1.12 bits per heavy atom. The lowest BCUT2D eigenvalue weighted by Crippen LogP contribution is -2.21. The van der Waals surface area contributed by atoms with Crippen LogP contribution >= 0.6 is 35.0 Å². The van der Waals surface area contributed by atoms with Crippen LogP contribution in [0.15, 0.2) is 82.6 Å². The Labute approximate surface area is 205 Å². The molecule has 0 heterocycles. The average molecular weight is 503 g/mol. The van der Waals surface area contributed by atoms with Crippen molar-refractivity contribution in [3.05, 3.63) is 82.8 Å². The molecular weight excluding hydrogens is 483 g/mol. The Morgan fingerprint density at radius 3 is 1.70 bits per heavy atom. The number of benzene rings is 3. The molecule has 2 N–H and O–H groups in total. The largest absolute Gasteiger partial charge is 0.456 e. The smallest absolute Gasteiger partial charge is 0.306 e. The van der Waals surface area contributed by atoms with E-state index in [-0.39, 0.29) is 18.7 Å². The fraction of sp³-hybridized carbons (Fsp3) is 0.125. The van der Waals surface area contributed by atoms with Crippen molar-refractivity contribution in [2.45, 2.75) is 22.6 Å².